The molecule has 2 heterocycles. The Balaban J connectivity index is 2.37. The monoisotopic (exact) mass is 249 g/mol. The van der Waals surface area contributed by atoms with E-state index in [2.05, 4.69) is 10.1 Å². The lowest BCUT2D eigenvalue weighted by Crippen LogP contribution is -2.10. The van der Waals surface area contributed by atoms with Crippen LogP contribution in [0.15, 0.2) is 18.6 Å². The Kier molecular flexibility index (Phi) is 3.31. The molecule has 0 saturated carbocycles. The van der Waals surface area contributed by atoms with Gasteiger partial charge in [-0.1, -0.05) is 0 Å². The molecule has 0 aromatic carbocycles. The first-order valence-electron chi connectivity index (χ1n) is 5.71. The van der Waals surface area contributed by atoms with E-state index in [9.17, 15) is 4.79 Å². The lowest BCUT2D eigenvalue weighted by molar-refractivity contribution is 0.0520. The molecule has 0 saturated heterocycles. The average Bonchev–Trinajstić information content (AvgIpc) is 2.94. The van der Waals surface area contributed by atoms with Crippen molar-refractivity contribution in [1.29, 1.82) is 0 Å². The molecule has 0 radical (unpaired) electrons. The number of nitrogens with zero attached hydrogens (tertiary/aromatic N) is 4. The lowest BCUT2D eigenvalue weighted by Gasteiger charge is -2.03. The molecule has 0 bridgehead atoms. The van der Waals surface area contributed by atoms with Crippen LogP contribution in [0.2, 0.25) is 0 Å². The number of carbonyl (C=O) groups excluding carboxylic acids is 1. The largest absolute Gasteiger partial charge is 0.461 e. The quantitative estimate of drug-likeness (QED) is 0.811. The Morgan fingerprint density at radius 3 is 2.94 bits per heavy atom. The van der Waals surface area contributed by atoms with E-state index in [1.807, 2.05) is 17.7 Å². The van der Waals surface area contributed by atoms with Crippen LogP contribution in [0.4, 0.5) is 5.69 Å². The van der Waals surface area contributed by atoms with E-state index >= 15 is 0 Å². The number of hydrogen-bond donors (Lipinski definition) is 1. The van der Waals surface area contributed by atoms with Gasteiger partial charge in [-0.2, -0.15) is 5.10 Å². The lowest BCUT2D eigenvalue weighted by atomic mass is 10.4. The molecule has 0 aliphatic rings. The summed E-state index contributed by atoms with van der Waals surface area (Å²) in [4.78, 5) is 15.8. The van der Waals surface area contributed by atoms with Crippen LogP contribution in [-0.4, -0.2) is 31.9 Å². The molecule has 96 valence electrons. The zero-order valence-corrected chi connectivity index (χ0v) is 10.3. The number of aryl methyl sites for hydroxylation is 1. The van der Waals surface area contributed by atoms with E-state index in [0.29, 0.717) is 5.95 Å². The molecule has 0 amide bonds. The fraction of sp³-hybridized carbons (Fsp3) is 0.364. The second-order valence-electron chi connectivity index (χ2n) is 3.61. The van der Waals surface area contributed by atoms with Gasteiger partial charge in [-0.3, -0.25) is 0 Å². The molecule has 0 aliphatic carbocycles. The number of carbonyl (C=O) groups is 1. The van der Waals surface area contributed by atoms with Crippen molar-refractivity contribution in [2.75, 3.05) is 12.3 Å². The van der Waals surface area contributed by atoms with Crippen molar-refractivity contribution in [1.82, 2.24) is 19.3 Å². The Hall–Kier alpha value is -2.31. The van der Waals surface area contributed by atoms with Crippen molar-refractivity contribution < 1.29 is 9.53 Å². The van der Waals surface area contributed by atoms with Gasteiger partial charge in [0.05, 0.1) is 18.5 Å². The highest BCUT2D eigenvalue weighted by Gasteiger charge is 2.17. The summed E-state index contributed by atoms with van der Waals surface area (Å²) in [5.74, 6) is 0.0862. The molecule has 2 rings (SSSR count). The van der Waals surface area contributed by atoms with Crippen molar-refractivity contribution in [3.63, 3.8) is 0 Å². The topological polar surface area (TPSA) is 88.0 Å². The number of aromatic nitrogens is 4. The minimum Gasteiger partial charge on any atom is -0.461 e. The third-order valence-corrected chi connectivity index (χ3v) is 2.45. The zero-order valence-electron chi connectivity index (χ0n) is 10.3. The first-order valence-corrected chi connectivity index (χ1v) is 5.71. The third-order valence-electron chi connectivity index (χ3n) is 2.45. The SMILES string of the molecule is CCOC(=O)c1nn(-c2nccn2CC)cc1N. The smallest absolute Gasteiger partial charge is 0.361 e. The third kappa shape index (κ3) is 2.06. The van der Waals surface area contributed by atoms with E-state index < -0.39 is 5.97 Å². The van der Waals surface area contributed by atoms with Gasteiger partial charge in [0, 0.05) is 18.9 Å². The van der Waals surface area contributed by atoms with Gasteiger partial charge in [0.15, 0.2) is 5.69 Å². The maximum absolute atomic E-state index is 11.6. The summed E-state index contributed by atoms with van der Waals surface area (Å²) < 4.78 is 8.24. The minimum atomic E-state index is -0.525. The number of esters is 1. The van der Waals surface area contributed by atoms with Crippen LogP contribution in [0.5, 0.6) is 0 Å². The van der Waals surface area contributed by atoms with Crippen molar-refractivity contribution >= 4 is 11.7 Å². The second kappa shape index (κ2) is 4.91. The number of ether oxygens (including phenoxy) is 1. The maximum atomic E-state index is 11.6. The van der Waals surface area contributed by atoms with Gasteiger partial charge in [0.2, 0.25) is 5.95 Å². The normalized spacial score (nSPS) is 10.6. The van der Waals surface area contributed by atoms with Gasteiger partial charge in [-0.05, 0) is 13.8 Å². The molecule has 7 heteroatoms. The van der Waals surface area contributed by atoms with Crippen LogP contribution in [-0.2, 0) is 11.3 Å². The fourth-order valence-corrected chi connectivity index (χ4v) is 1.61. The summed E-state index contributed by atoms with van der Waals surface area (Å²) in [6.45, 7) is 4.76. The van der Waals surface area contributed by atoms with Crippen LogP contribution >= 0.6 is 0 Å². The fourth-order valence-electron chi connectivity index (χ4n) is 1.61. The molecule has 0 unspecified atom stereocenters. The van der Waals surface area contributed by atoms with Gasteiger partial charge in [0.25, 0.3) is 0 Å². The highest BCUT2D eigenvalue weighted by Crippen LogP contribution is 2.14. The number of rotatable bonds is 4. The highest BCUT2D eigenvalue weighted by molar-refractivity contribution is 5.92. The summed E-state index contributed by atoms with van der Waals surface area (Å²) in [5, 5.41) is 4.11. The highest BCUT2D eigenvalue weighted by atomic mass is 16.5. The van der Waals surface area contributed by atoms with Crippen molar-refractivity contribution in [3.8, 4) is 5.95 Å². The molecule has 2 aromatic rings. The van der Waals surface area contributed by atoms with E-state index in [-0.39, 0.29) is 18.0 Å². The first kappa shape index (κ1) is 12.2. The van der Waals surface area contributed by atoms with Crippen LogP contribution < -0.4 is 5.73 Å². The molecule has 2 N–H and O–H groups in total. The van der Waals surface area contributed by atoms with E-state index in [4.69, 9.17) is 10.5 Å². The Labute approximate surface area is 104 Å². The molecule has 0 spiro atoms. The predicted molar refractivity (Wildman–Crippen MR) is 65.4 cm³/mol. The molecule has 0 atom stereocenters. The van der Waals surface area contributed by atoms with Crippen molar-refractivity contribution in [2.45, 2.75) is 20.4 Å². The van der Waals surface area contributed by atoms with Crippen molar-refractivity contribution in [2.24, 2.45) is 0 Å². The van der Waals surface area contributed by atoms with Crippen molar-refractivity contribution in [3.05, 3.63) is 24.3 Å². The minimum absolute atomic E-state index is 0.113. The van der Waals surface area contributed by atoms with E-state index in [1.165, 1.54) is 4.68 Å². The van der Waals surface area contributed by atoms with Crippen LogP contribution in [0.1, 0.15) is 24.3 Å². The second-order valence-corrected chi connectivity index (χ2v) is 3.61. The molecule has 0 fully saturated rings. The summed E-state index contributed by atoms with van der Waals surface area (Å²) in [6, 6.07) is 0. The Morgan fingerprint density at radius 1 is 1.50 bits per heavy atom. The molecular weight excluding hydrogens is 234 g/mol. The van der Waals surface area contributed by atoms with Gasteiger partial charge in [0.1, 0.15) is 0 Å². The summed E-state index contributed by atoms with van der Waals surface area (Å²) >= 11 is 0. The molecular formula is C11H15N5O2. The van der Waals surface area contributed by atoms with Gasteiger partial charge in [-0.25, -0.2) is 14.5 Å². The van der Waals surface area contributed by atoms with E-state index in [1.54, 1.807) is 19.3 Å². The van der Waals surface area contributed by atoms with Crippen LogP contribution in [0.3, 0.4) is 0 Å². The van der Waals surface area contributed by atoms with Gasteiger partial charge < -0.3 is 15.0 Å². The molecule has 18 heavy (non-hydrogen) atoms. The summed E-state index contributed by atoms with van der Waals surface area (Å²) in [6.07, 6.45) is 5.05. The number of anilines is 1. The van der Waals surface area contributed by atoms with Crippen LogP contribution in [0, 0.1) is 0 Å². The average molecular weight is 249 g/mol. The van der Waals surface area contributed by atoms with Gasteiger partial charge >= 0.3 is 5.97 Å². The Bertz CT molecular complexity index is 558. The molecule has 2 aromatic heterocycles. The maximum Gasteiger partial charge on any atom is 0.361 e. The predicted octanol–water partition coefficient (Wildman–Crippen LogP) is 0.848. The standard InChI is InChI=1S/C11H15N5O2/c1-3-15-6-5-13-11(15)16-7-8(12)9(14-16)10(17)18-4-2/h5-7H,3-4,12H2,1-2H3. The first-order chi connectivity index (χ1) is 8.67. The zero-order chi connectivity index (χ0) is 13.1. The number of nitrogen functional groups attached to an aromatic ring is 1. The Morgan fingerprint density at radius 2 is 2.28 bits per heavy atom. The molecule has 0 aliphatic heterocycles. The number of hydrogen-bond acceptors (Lipinski definition) is 5. The number of imidazole rings is 1. The van der Waals surface area contributed by atoms with Crippen LogP contribution in [0.25, 0.3) is 5.95 Å². The molecule has 7 nitrogen and oxygen atoms in total. The number of nitrogens with two attached hydrogens (primary N) is 1. The van der Waals surface area contributed by atoms with Gasteiger partial charge in [-0.15, -0.1) is 0 Å². The summed E-state index contributed by atoms with van der Waals surface area (Å²) in [7, 11) is 0. The van der Waals surface area contributed by atoms with E-state index in [0.717, 1.165) is 6.54 Å². The summed E-state index contributed by atoms with van der Waals surface area (Å²) in [5.41, 5.74) is 6.14.